The minimum Gasteiger partial charge on any atom is -0.171 e. The van der Waals surface area contributed by atoms with Crippen molar-refractivity contribution >= 4 is 0 Å². The summed E-state index contributed by atoms with van der Waals surface area (Å²) in [6, 6.07) is 0. The van der Waals surface area contributed by atoms with Gasteiger partial charge >= 0.3 is 12.4 Å². The molecule has 2 aliphatic rings. The van der Waals surface area contributed by atoms with Crippen LogP contribution in [0.25, 0.3) is 0 Å². The highest BCUT2D eigenvalue weighted by Gasteiger charge is 2.29. The maximum atomic E-state index is 11.5. The molecule has 63 heavy (non-hydrogen) atoms. The summed E-state index contributed by atoms with van der Waals surface area (Å²) in [6.45, 7) is 51.5. The first-order valence-electron chi connectivity index (χ1n) is 29.8. The molecule has 6 heteroatoms. The van der Waals surface area contributed by atoms with Crippen molar-refractivity contribution in [2.45, 2.75) is 328 Å². The molecule has 0 N–H and O–H groups in total. The second kappa shape index (κ2) is 65.9. The number of halogens is 6. The molecule has 0 nitrogen and oxygen atoms in total. The third-order valence-corrected chi connectivity index (χ3v) is 7.90. The SMILES string of the molecule is CC.CC(C)C.CCC.CCC(C)CC(F)(F)F.CCC(C)CC(F)(F)F.CCCC.[2H]C(C)(C)C.[2H]C([2H])(C)C(C)(C)C.[2H]C([2H])(C)C(C)C.[2H]C([2H])(C)CC.[2H]C1(C)CCCC1.[2H]C1(C)CCCCC1. The topological polar surface area (TPSA) is 0 Å². The van der Waals surface area contributed by atoms with Crippen LogP contribution in [0.5, 0.6) is 0 Å². The van der Waals surface area contributed by atoms with E-state index in [-0.39, 0.29) is 40.9 Å². The van der Waals surface area contributed by atoms with Crippen LogP contribution in [0.2, 0.25) is 0 Å². The molecule has 0 aromatic carbocycles. The highest BCUT2D eigenvalue weighted by atomic mass is 19.4. The van der Waals surface area contributed by atoms with Crippen molar-refractivity contribution in [1.82, 2.24) is 0 Å². The number of alkyl halides is 6. The van der Waals surface area contributed by atoms with Crippen LogP contribution >= 0.6 is 0 Å². The van der Waals surface area contributed by atoms with Crippen molar-refractivity contribution in [3.8, 4) is 0 Å². The molecular formula is C57H128F6. The van der Waals surface area contributed by atoms with Crippen LogP contribution in [0.4, 0.5) is 26.3 Å². The van der Waals surface area contributed by atoms with Gasteiger partial charge in [-0.2, -0.15) is 26.3 Å². The molecule has 0 radical (unpaired) electrons. The molecule has 0 heterocycles. The van der Waals surface area contributed by atoms with Gasteiger partial charge in [-0.1, -0.05) is 302 Å². The maximum absolute atomic E-state index is 11.5. The molecule has 0 aromatic heterocycles. The van der Waals surface area contributed by atoms with Crippen LogP contribution < -0.4 is 0 Å². The fourth-order valence-corrected chi connectivity index (χ4v) is 3.21. The van der Waals surface area contributed by atoms with Crippen molar-refractivity contribution < 1.29 is 38.7 Å². The monoisotopic (exact) mass is 936 g/mol. The van der Waals surface area contributed by atoms with E-state index in [1.165, 1.54) is 51.4 Å². The van der Waals surface area contributed by atoms with E-state index in [0.717, 1.165) is 31.6 Å². The van der Waals surface area contributed by atoms with Gasteiger partial charge in [0.1, 0.15) is 0 Å². The van der Waals surface area contributed by atoms with Crippen LogP contribution in [-0.2, 0) is 0 Å². The number of hydrogen-bond acceptors (Lipinski definition) is 0. The van der Waals surface area contributed by atoms with E-state index in [4.69, 9.17) is 12.3 Å². The average molecular weight is 937 g/mol. The Morgan fingerprint density at radius 2 is 0.714 bits per heavy atom. The Kier molecular flexibility index (Phi) is 65.4. The van der Waals surface area contributed by atoms with Gasteiger partial charge in [-0.15, -0.1) is 0 Å². The highest BCUT2D eigenvalue weighted by molar-refractivity contribution is 4.61. The molecule has 0 saturated heterocycles. The summed E-state index contributed by atoms with van der Waals surface area (Å²) in [6.07, 6.45) is 4.35. The van der Waals surface area contributed by atoms with Crippen LogP contribution in [0.1, 0.15) is 328 Å². The number of rotatable bonds is 7. The first kappa shape index (κ1) is 62.6. The largest absolute Gasteiger partial charge is 0.389 e. The second-order valence-corrected chi connectivity index (χ2v) is 18.9. The molecule has 2 atom stereocenters. The van der Waals surface area contributed by atoms with Gasteiger partial charge < -0.3 is 0 Å². The van der Waals surface area contributed by atoms with Crippen molar-refractivity contribution in [1.29, 1.82) is 0 Å². The summed E-state index contributed by atoms with van der Waals surface area (Å²) in [5.41, 5.74) is -0.229. The Balaban J connectivity index is -0.0000000740. The smallest absolute Gasteiger partial charge is 0.171 e. The normalized spacial score (nSPS) is 18.0. The second-order valence-electron chi connectivity index (χ2n) is 18.9. The average Bonchev–Trinajstić information content (AvgIpc) is 3.57. The summed E-state index contributed by atoms with van der Waals surface area (Å²) in [5.74, 6) is 0.126. The molecule has 2 unspecified atom stereocenters. The zero-order valence-corrected chi connectivity index (χ0v) is 48.1. The van der Waals surface area contributed by atoms with E-state index in [1.54, 1.807) is 48.5 Å². The number of unbranched alkanes of at least 4 members (excludes halogenated alkanes) is 1. The summed E-state index contributed by atoms with van der Waals surface area (Å²) < 4.78 is 133. The first-order valence-corrected chi connectivity index (χ1v) is 25.3. The van der Waals surface area contributed by atoms with E-state index in [0.29, 0.717) is 19.3 Å². The van der Waals surface area contributed by atoms with Gasteiger partial charge in [-0.05, 0) is 46.8 Å². The van der Waals surface area contributed by atoms with Crippen molar-refractivity contribution in [3.05, 3.63) is 0 Å². The molecule has 0 aliphatic heterocycles. The highest BCUT2D eigenvalue weighted by Crippen LogP contribution is 2.27. The predicted octanol–water partition coefficient (Wildman–Crippen LogP) is 24.6. The van der Waals surface area contributed by atoms with Gasteiger partial charge in [-0.25, -0.2) is 0 Å². The fourth-order valence-electron chi connectivity index (χ4n) is 3.21. The fraction of sp³-hybridized carbons (Fsp3) is 1.00. The lowest BCUT2D eigenvalue weighted by molar-refractivity contribution is -0.144. The van der Waals surface area contributed by atoms with E-state index >= 15 is 0 Å². The lowest BCUT2D eigenvalue weighted by atomic mass is 9.91. The third kappa shape index (κ3) is 173. The quantitative estimate of drug-likeness (QED) is 0.223. The molecule has 0 aromatic rings. The van der Waals surface area contributed by atoms with Crippen molar-refractivity contribution in [2.75, 3.05) is 0 Å². The predicted molar refractivity (Wildman–Crippen MR) is 285 cm³/mol. The molecule has 398 valence electrons. The Bertz CT molecular complexity index is 983. The van der Waals surface area contributed by atoms with Crippen LogP contribution in [-0.4, -0.2) is 12.4 Å². The van der Waals surface area contributed by atoms with Crippen molar-refractivity contribution in [3.63, 3.8) is 0 Å². The molecule has 2 fully saturated rings. The first-order chi connectivity index (χ1) is 31.6. The van der Waals surface area contributed by atoms with Gasteiger partial charge in [0.25, 0.3) is 0 Å². The van der Waals surface area contributed by atoms with Gasteiger partial charge in [0.15, 0.2) is 0 Å². The Morgan fingerprint density at radius 3 is 0.778 bits per heavy atom. The molecule has 2 saturated carbocycles. The van der Waals surface area contributed by atoms with Gasteiger partial charge in [-0.3, -0.25) is 0 Å². The summed E-state index contributed by atoms with van der Waals surface area (Å²) in [7, 11) is 0. The third-order valence-electron chi connectivity index (χ3n) is 7.90. The lowest BCUT2D eigenvalue weighted by Gasteiger charge is -2.15. The molecular weight excluding hydrogens is 799 g/mol. The molecule has 2 aliphatic carbocycles. The summed E-state index contributed by atoms with van der Waals surface area (Å²) >= 11 is 0. The molecule has 0 spiro atoms. The lowest BCUT2D eigenvalue weighted by Crippen LogP contribution is -2.12. The standard InChI is InChI=1S/C7H14.2C6H11F3.C6H12.C6H14.C5H12.4C4H10.C3H8.C2H6/c1-7-5-3-2-4-6-7;2*1-3-5(2)4-6(7,8)9;1-6-4-2-3-5-6;1-5-6(2,3)4;1-4-5(2)3;2*1-4(2)3;2*1-3-4-2;1-3-2;1-2/h7H,2-6H2,1H3;2*5H,3-4H2,1-2H3;6H,2-5H2,1H3;5H2,1-4H3;5H,4H2,1-3H3;2*4H,1-3H3;2*3-4H2,1-2H3;3H2,1-2H3;1-2H3/i7D;;;6D;5D2;4D2;4D;;3D2;;;. The van der Waals surface area contributed by atoms with Crippen LogP contribution in [0.3, 0.4) is 0 Å². The Labute approximate surface area is 412 Å². The molecule has 0 amide bonds. The van der Waals surface area contributed by atoms with E-state index in [2.05, 4.69) is 48.5 Å². The maximum Gasteiger partial charge on any atom is 0.389 e. The van der Waals surface area contributed by atoms with E-state index in [9.17, 15) is 26.3 Å². The van der Waals surface area contributed by atoms with Crippen LogP contribution in [0, 0.1) is 46.8 Å². The van der Waals surface area contributed by atoms with E-state index < -0.39 is 44.3 Å². The Hall–Kier alpha value is -0.420. The molecule has 2 rings (SSSR count). The van der Waals surface area contributed by atoms with Gasteiger partial charge in [0.2, 0.25) is 0 Å². The minimum absolute atomic E-state index is 0.0556. The summed E-state index contributed by atoms with van der Waals surface area (Å²) in [5, 5.41) is 0. The van der Waals surface area contributed by atoms with Gasteiger partial charge in [0.05, 0.1) is 0 Å². The minimum atomic E-state index is -3.98. The molecule has 0 bridgehead atoms. The zero-order valence-electron chi connectivity index (χ0n) is 57.1. The van der Waals surface area contributed by atoms with Crippen molar-refractivity contribution in [2.24, 2.45) is 46.8 Å². The van der Waals surface area contributed by atoms with Crippen LogP contribution in [0.15, 0.2) is 0 Å². The van der Waals surface area contributed by atoms with Gasteiger partial charge in [0, 0.05) is 25.2 Å². The zero-order chi connectivity index (χ0) is 60.8. The summed E-state index contributed by atoms with van der Waals surface area (Å²) in [4.78, 5) is 0. The number of hydrogen-bond donors (Lipinski definition) is 0. The van der Waals surface area contributed by atoms with E-state index in [1.807, 2.05) is 90.0 Å². The Morgan fingerprint density at radius 1 is 0.524 bits per heavy atom.